The van der Waals surface area contributed by atoms with Gasteiger partial charge >= 0.3 is 0 Å². The maximum atomic E-state index is 12.7. The summed E-state index contributed by atoms with van der Waals surface area (Å²) in [5, 5.41) is 17.5. The van der Waals surface area contributed by atoms with Crippen LogP contribution in [-0.4, -0.2) is 50.5 Å². The number of aromatic nitrogens is 4. The van der Waals surface area contributed by atoms with Crippen molar-refractivity contribution in [3.63, 3.8) is 0 Å². The van der Waals surface area contributed by atoms with Crippen molar-refractivity contribution in [3.8, 4) is 5.69 Å². The van der Waals surface area contributed by atoms with Gasteiger partial charge in [0.25, 0.3) is 11.7 Å². The lowest BCUT2D eigenvalue weighted by Gasteiger charge is -2.17. The van der Waals surface area contributed by atoms with Gasteiger partial charge < -0.3 is 15.5 Å². The Kier molecular flexibility index (Phi) is 5.33. The van der Waals surface area contributed by atoms with Gasteiger partial charge in [0.1, 0.15) is 0 Å². The number of nitrogens with one attached hydrogen (secondary N) is 2. The van der Waals surface area contributed by atoms with Crippen molar-refractivity contribution >= 4 is 29.1 Å². The molecule has 3 aromatic rings. The van der Waals surface area contributed by atoms with Crippen LogP contribution in [0.25, 0.3) is 5.69 Å². The van der Waals surface area contributed by atoms with Crippen molar-refractivity contribution in [2.24, 2.45) is 5.92 Å². The predicted molar refractivity (Wildman–Crippen MR) is 120 cm³/mol. The summed E-state index contributed by atoms with van der Waals surface area (Å²) in [5.41, 5.74) is 3.11. The number of tetrazole rings is 1. The number of anilines is 2. The van der Waals surface area contributed by atoms with E-state index in [1.807, 2.05) is 31.2 Å². The summed E-state index contributed by atoms with van der Waals surface area (Å²) < 4.78 is 0. The van der Waals surface area contributed by atoms with Crippen LogP contribution in [0.1, 0.15) is 35.4 Å². The van der Waals surface area contributed by atoms with Crippen molar-refractivity contribution < 1.29 is 14.4 Å². The van der Waals surface area contributed by atoms with Crippen LogP contribution in [0.5, 0.6) is 0 Å². The van der Waals surface area contributed by atoms with Crippen LogP contribution in [0.2, 0.25) is 0 Å². The highest BCUT2D eigenvalue weighted by atomic mass is 16.2. The van der Waals surface area contributed by atoms with Crippen LogP contribution >= 0.6 is 0 Å². The fourth-order valence-corrected chi connectivity index (χ4v) is 3.67. The number of hydrogen-bond acceptors (Lipinski definition) is 6. The first kappa shape index (κ1) is 20.8. The molecule has 1 atom stereocenters. The SMILES string of the molecule is Cc1ccc(N2C[C@@H](C(=O)Nc3ccc(-n4nnc(C(=O)NC5CC5)n4)cc3)CC2=O)cc1. The van der Waals surface area contributed by atoms with E-state index < -0.39 is 5.92 Å². The van der Waals surface area contributed by atoms with E-state index in [2.05, 4.69) is 26.0 Å². The molecule has 2 aliphatic rings. The van der Waals surface area contributed by atoms with Gasteiger partial charge in [-0.05, 0) is 61.4 Å². The molecule has 0 unspecified atom stereocenters. The van der Waals surface area contributed by atoms with Crippen molar-refractivity contribution in [1.29, 1.82) is 0 Å². The van der Waals surface area contributed by atoms with E-state index in [0.29, 0.717) is 17.9 Å². The molecule has 1 saturated carbocycles. The summed E-state index contributed by atoms with van der Waals surface area (Å²) in [6.45, 7) is 2.33. The van der Waals surface area contributed by atoms with Crippen LogP contribution in [0.4, 0.5) is 11.4 Å². The number of carbonyl (C=O) groups is 3. The van der Waals surface area contributed by atoms with E-state index in [1.54, 1.807) is 29.2 Å². The Labute approximate surface area is 190 Å². The maximum Gasteiger partial charge on any atom is 0.293 e. The van der Waals surface area contributed by atoms with Gasteiger partial charge in [-0.3, -0.25) is 14.4 Å². The summed E-state index contributed by atoms with van der Waals surface area (Å²) in [6, 6.07) is 14.8. The normalized spacial score (nSPS) is 17.8. The Bertz CT molecular complexity index is 1200. The zero-order chi connectivity index (χ0) is 22.9. The van der Waals surface area contributed by atoms with E-state index >= 15 is 0 Å². The van der Waals surface area contributed by atoms with Crippen molar-refractivity contribution in [3.05, 3.63) is 59.9 Å². The van der Waals surface area contributed by atoms with E-state index in [1.165, 1.54) is 4.80 Å². The Morgan fingerprint density at radius 3 is 2.39 bits per heavy atom. The van der Waals surface area contributed by atoms with Crippen molar-refractivity contribution in [2.75, 3.05) is 16.8 Å². The molecular formula is C23H23N7O3. The second-order valence-electron chi connectivity index (χ2n) is 8.43. The third kappa shape index (κ3) is 4.59. The molecule has 3 amide bonds. The van der Waals surface area contributed by atoms with Crippen LogP contribution in [-0.2, 0) is 9.59 Å². The van der Waals surface area contributed by atoms with E-state index in [9.17, 15) is 14.4 Å². The molecule has 1 aromatic heterocycles. The molecule has 33 heavy (non-hydrogen) atoms. The molecule has 2 N–H and O–H groups in total. The van der Waals surface area contributed by atoms with Gasteiger partial charge in [0.2, 0.25) is 11.8 Å². The smallest absolute Gasteiger partial charge is 0.293 e. The third-order valence-corrected chi connectivity index (χ3v) is 5.74. The number of nitrogens with zero attached hydrogens (tertiary/aromatic N) is 5. The monoisotopic (exact) mass is 445 g/mol. The fraction of sp³-hybridized carbons (Fsp3) is 0.304. The zero-order valence-electron chi connectivity index (χ0n) is 18.1. The molecule has 5 rings (SSSR count). The Morgan fingerprint density at radius 1 is 1.00 bits per heavy atom. The Morgan fingerprint density at radius 2 is 1.70 bits per heavy atom. The van der Waals surface area contributed by atoms with Gasteiger partial charge in [-0.2, -0.15) is 0 Å². The van der Waals surface area contributed by atoms with Gasteiger partial charge in [0.15, 0.2) is 0 Å². The molecule has 2 heterocycles. The van der Waals surface area contributed by atoms with Gasteiger partial charge in [-0.25, -0.2) is 0 Å². The molecule has 1 aliphatic heterocycles. The fourth-order valence-electron chi connectivity index (χ4n) is 3.67. The summed E-state index contributed by atoms with van der Waals surface area (Å²) >= 11 is 0. The number of rotatable bonds is 6. The molecular weight excluding hydrogens is 422 g/mol. The summed E-state index contributed by atoms with van der Waals surface area (Å²) in [7, 11) is 0. The van der Waals surface area contributed by atoms with Crippen LogP contribution in [0.15, 0.2) is 48.5 Å². The van der Waals surface area contributed by atoms with Gasteiger partial charge in [-0.1, -0.05) is 17.7 Å². The summed E-state index contributed by atoms with van der Waals surface area (Å²) in [5.74, 6) is -1.01. The standard InChI is InChI=1S/C23H23N7O3/c1-14-2-8-18(9-3-14)29-13-15(12-20(29)31)22(32)24-17-6-10-19(11-7-17)30-27-21(26-28-30)23(33)25-16-4-5-16/h2-3,6-11,15-16H,4-5,12-13H2,1H3,(H,24,32)(H,25,33)/t15-/m0/s1. The van der Waals surface area contributed by atoms with E-state index in [0.717, 1.165) is 24.1 Å². The molecule has 10 nitrogen and oxygen atoms in total. The minimum atomic E-state index is -0.428. The second kappa shape index (κ2) is 8.45. The number of aryl methyl sites for hydroxylation is 1. The number of benzene rings is 2. The first-order valence-electron chi connectivity index (χ1n) is 10.9. The first-order valence-corrected chi connectivity index (χ1v) is 10.9. The highest BCUT2D eigenvalue weighted by molar-refractivity contribution is 6.03. The van der Waals surface area contributed by atoms with E-state index in [-0.39, 0.29) is 36.0 Å². The molecule has 2 fully saturated rings. The predicted octanol–water partition coefficient (Wildman–Crippen LogP) is 1.85. The molecule has 168 valence electrons. The van der Waals surface area contributed by atoms with Crippen molar-refractivity contribution in [2.45, 2.75) is 32.2 Å². The van der Waals surface area contributed by atoms with Gasteiger partial charge in [0.05, 0.1) is 11.6 Å². The lowest BCUT2D eigenvalue weighted by molar-refractivity contribution is -0.122. The quantitative estimate of drug-likeness (QED) is 0.597. The molecule has 0 bridgehead atoms. The molecule has 0 spiro atoms. The number of hydrogen-bond donors (Lipinski definition) is 2. The van der Waals surface area contributed by atoms with Gasteiger partial charge in [-0.15, -0.1) is 15.0 Å². The third-order valence-electron chi connectivity index (χ3n) is 5.74. The summed E-state index contributed by atoms with van der Waals surface area (Å²) in [6.07, 6.45) is 2.13. The lowest BCUT2D eigenvalue weighted by Crippen LogP contribution is -2.28. The average Bonchev–Trinajstić information content (AvgIpc) is 3.32. The largest absolute Gasteiger partial charge is 0.346 e. The number of carbonyl (C=O) groups excluding carboxylic acids is 3. The molecule has 10 heteroatoms. The van der Waals surface area contributed by atoms with Crippen LogP contribution in [0, 0.1) is 12.8 Å². The Balaban J connectivity index is 1.20. The summed E-state index contributed by atoms with van der Waals surface area (Å²) in [4.78, 5) is 40.1. The molecule has 1 saturated heterocycles. The van der Waals surface area contributed by atoms with Crippen LogP contribution < -0.4 is 15.5 Å². The highest BCUT2D eigenvalue weighted by Crippen LogP contribution is 2.26. The molecule has 2 aromatic carbocycles. The van der Waals surface area contributed by atoms with E-state index in [4.69, 9.17) is 0 Å². The van der Waals surface area contributed by atoms with Crippen molar-refractivity contribution in [1.82, 2.24) is 25.5 Å². The maximum absolute atomic E-state index is 12.7. The second-order valence-corrected chi connectivity index (χ2v) is 8.43. The number of amides is 3. The first-order chi connectivity index (χ1) is 16.0. The topological polar surface area (TPSA) is 122 Å². The average molecular weight is 445 g/mol. The molecule has 1 aliphatic carbocycles. The minimum absolute atomic E-state index is 0.0170. The minimum Gasteiger partial charge on any atom is -0.346 e. The highest BCUT2D eigenvalue weighted by Gasteiger charge is 2.35. The van der Waals surface area contributed by atoms with Gasteiger partial charge in [0, 0.05) is 30.4 Å². The molecule has 0 radical (unpaired) electrons. The lowest BCUT2D eigenvalue weighted by atomic mass is 10.1. The zero-order valence-corrected chi connectivity index (χ0v) is 18.1. The van der Waals surface area contributed by atoms with Crippen LogP contribution in [0.3, 0.4) is 0 Å². The Hall–Kier alpha value is -4.08.